The monoisotopic (exact) mass is 427 g/mol. The van der Waals surface area contributed by atoms with Crippen molar-refractivity contribution in [2.75, 3.05) is 23.9 Å². The molecule has 3 aromatic rings. The minimum absolute atomic E-state index is 0.0259. The maximum Gasteiger partial charge on any atom is 0.249 e. The zero-order valence-electron chi connectivity index (χ0n) is 18.1. The van der Waals surface area contributed by atoms with Gasteiger partial charge in [0, 0.05) is 22.9 Å². The highest BCUT2D eigenvalue weighted by Crippen LogP contribution is 2.30. The number of amides is 2. The van der Waals surface area contributed by atoms with Gasteiger partial charge in [-0.1, -0.05) is 61.5 Å². The van der Waals surface area contributed by atoms with Crippen molar-refractivity contribution in [2.45, 2.75) is 19.4 Å². The Bertz CT molecular complexity index is 1160. The molecule has 3 aromatic carbocycles. The molecular formula is C26H25N3O3. The van der Waals surface area contributed by atoms with Gasteiger partial charge in [-0.15, -0.1) is 0 Å². The Hall–Kier alpha value is -3.93. The van der Waals surface area contributed by atoms with E-state index in [1.165, 1.54) is 0 Å². The first-order valence-electron chi connectivity index (χ1n) is 10.6. The molecule has 0 aromatic heterocycles. The van der Waals surface area contributed by atoms with Gasteiger partial charge in [-0.05, 0) is 24.6 Å². The largest absolute Gasteiger partial charge is 0.497 e. The SMILES string of the molecule is CC[C@@H](C(=O)Nc1cccc(OC)c1)N1C(=O)CN=C(c2ccccc2)c2ccccc21. The summed E-state index contributed by atoms with van der Waals surface area (Å²) >= 11 is 0. The van der Waals surface area contributed by atoms with Crippen LogP contribution in [0.1, 0.15) is 24.5 Å². The molecule has 162 valence electrons. The second-order valence-electron chi connectivity index (χ2n) is 7.46. The van der Waals surface area contributed by atoms with Crippen molar-refractivity contribution in [3.05, 3.63) is 90.0 Å². The third-order valence-corrected chi connectivity index (χ3v) is 5.45. The summed E-state index contributed by atoms with van der Waals surface area (Å²) in [5.74, 6) is 0.177. The van der Waals surface area contributed by atoms with Crippen LogP contribution < -0.4 is 15.0 Å². The fourth-order valence-corrected chi connectivity index (χ4v) is 3.92. The summed E-state index contributed by atoms with van der Waals surface area (Å²) in [5.41, 5.74) is 3.82. The number of benzene rings is 3. The van der Waals surface area contributed by atoms with Crippen molar-refractivity contribution >= 4 is 28.9 Å². The van der Waals surface area contributed by atoms with Gasteiger partial charge < -0.3 is 10.1 Å². The summed E-state index contributed by atoms with van der Waals surface area (Å²) in [7, 11) is 1.58. The Labute approximate surface area is 187 Å². The minimum atomic E-state index is -0.680. The highest BCUT2D eigenvalue weighted by molar-refractivity contribution is 6.20. The fraction of sp³-hybridized carbons (Fsp3) is 0.192. The molecule has 0 unspecified atom stereocenters. The molecule has 1 aliphatic rings. The first kappa shape index (κ1) is 21.3. The molecule has 0 radical (unpaired) electrons. The van der Waals surface area contributed by atoms with Crippen LogP contribution in [-0.4, -0.2) is 37.2 Å². The highest BCUT2D eigenvalue weighted by Gasteiger charge is 2.33. The molecule has 1 aliphatic heterocycles. The number of benzodiazepines with no additional fused rings is 1. The molecule has 0 fully saturated rings. The molecule has 0 saturated heterocycles. The lowest BCUT2D eigenvalue weighted by Crippen LogP contribution is -2.48. The summed E-state index contributed by atoms with van der Waals surface area (Å²) < 4.78 is 5.24. The van der Waals surface area contributed by atoms with E-state index in [-0.39, 0.29) is 18.4 Å². The number of hydrogen-bond donors (Lipinski definition) is 1. The lowest BCUT2D eigenvalue weighted by Gasteiger charge is -2.30. The van der Waals surface area contributed by atoms with Gasteiger partial charge in [0.15, 0.2) is 0 Å². The molecule has 1 atom stereocenters. The summed E-state index contributed by atoms with van der Waals surface area (Å²) in [4.78, 5) is 32.7. The van der Waals surface area contributed by atoms with E-state index in [0.717, 1.165) is 16.8 Å². The quantitative estimate of drug-likeness (QED) is 0.638. The maximum absolute atomic E-state index is 13.3. The van der Waals surface area contributed by atoms with E-state index in [1.54, 1.807) is 24.1 Å². The van der Waals surface area contributed by atoms with E-state index in [1.807, 2.05) is 73.7 Å². The number of para-hydroxylation sites is 1. The van der Waals surface area contributed by atoms with Gasteiger partial charge in [-0.2, -0.15) is 0 Å². The second kappa shape index (κ2) is 9.47. The van der Waals surface area contributed by atoms with Gasteiger partial charge in [-0.25, -0.2) is 0 Å². The molecule has 0 saturated carbocycles. The van der Waals surface area contributed by atoms with Crippen molar-refractivity contribution in [1.82, 2.24) is 0 Å². The van der Waals surface area contributed by atoms with Gasteiger partial charge in [0.2, 0.25) is 11.8 Å². The van der Waals surface area contributed by atoms with Gasteiger partial charge in [0.1, 0.15) is 18.3 Å². The van der Waals surface area contributed by atoms with Crippen LogP contribution in [0.25, 0.3) is 0 Å². The van der Waals surface area contributed by atoms with E-state index in [0.29, 0.717) is 23.5 Å². The van der Waals surface area contributed by atoms with E-state index < -0.39 is 6.04 Å². The Kier molecular flexibility index (Phi) is 6.31. The third kappa shape index (κ3) is 4.25. The Balaban J connectivity index is 1.70. The predicted molar refractivity (Wildman–Crippen MR) is 127 cm³/mol. The van der Waals surface area contributed by atoms with Crippen molar-refractivity contribution in [2.24, 2.45) is 4.99 Å². The summed E-state index contributed by atoms with van der Waals surface area (Å²) in [6.45, 7) is 1.87. The summed E-state index contributed by atoms with van der Waals surface area (Å²) in [6, 6.07) is 23.9. The number of carbonyl (C=O) groups is 2. The van der Waals surface area contributed by atoms with Crippen LogP contribution in [0.5, 0.6) is 5.75 Å². The Morgan fingerprint density at radius 1 is 1.06 bits per heavy atom. The molecule has 32 heavy (non-hydrogen) atoms. The van der Waals surface area contributed by atoms with Crippen LogP contribution in [0, 0.1) is 0 Å². The molecule has 0 bridgehead atoms. The number of anilines is 2. The Morgan fingerprint density at radius 3 is 2.56 bits per heavy atom. The molecule has 1 heterocycles. The van der Waals surface area contributed by atoms with E-state index in [9.17, 15) is 9.59 Å². The van der Waals surface area contributed by atoms with Gasteiger partial charge in [-0.3, -0.25) is 19.5 Å². The fourth-order valence-electron chi connectivity index (χ4n) is 3.92. The average Bonchev–Trinajstić information content (AvgIpc) is 2.97. The molecule has 6 heteroatoms. The number of fused-ring (bicyclic) bond motifs is 1. The first-order valence-corrected chi connectivity index (χ1v) is 10.6. The summed E-state index contributed by atoms with van der Waals surface area (Å²) in [5, 5.41) is 2.93. The van der Waals surface area contributed by atoms with Crippen molar-refractivity contribution in [1.29, 1.82) is 0 Å². The standard InChI is InChI=1S/C26H25N3O3/c1-3-22(26(31)28-19-12-9-13-20(16-19)32-2)29-23-15-8-7-14-21(23)25(27-17-24(29)30)18-10-5-4-6-11-18/h4-16,22H,3,17H2,1-2H3,(H,28,31)/t22-/m0/s1. The van der Waals surface area contributed by atoms with Crippen LogP contribution in [0.4, 0.5) is 11.4 Å². The lowest BCUT2D eigenvalue weighted by molar-refractivity contribution is -0.123. The van der Waals surface area contributed by atoms with Gasteiger partial charge in [0.05, 0.1) is 18.5 Å². The van der Waals surface area contributed by atoms with E-state index in [2.05, 4.69) is 10.3 Å². The van der Waals surface area contributed by atoms with Crippen LogP contribution in [0.2, 0.25) is 0 Å². The lowest BCUT2D eigenvalue weighted by atomic mass is 9.99. The minimum Gasteiger partial charge on any atom is -0.497 e. The van der Waals surface area contributed by atoms with Crippen molar-refractivity contribution in [3.8, 4) is 5.75 Å². The Morgan fingerprint density at radius 2 is 1.81 bits per heavy atom. The average molecular weight is 428 g/mol. The number of ether oxygens (including phenoxy) is 1. The van der Waals surface area contributed by atoms with Crippen molar-refractivity contribution in [3.63, 3.8) is 0 Å². The van der Waals surface area contributed by atoms with Crippen molar-refractivity contribution < 1.29 is 14.3 Å². The predicted octanol–water partition coefficient (Wildman–Crippen LogP) is 4.30. The van der Waals surface area contributed by atoms with Crippen LogP contribution in [0.3, 0.4) is 0 Å². The molecule has 0 aliphatic carbocycles. The smallest absolute Gasteiger partial charge is 0.249 e. The summed E-state index contributed by atoms with van der Waals surface area (Å²) in [6.07, 6.45) is 0.455. The molecule has 1 N–H and O–H groups in total. The zero-order valence-corrected chi connectivity index (χ0v) is 18.1. The van der Waals surface area contributed by atoms with Crippen LogP contribution in [-0.2, 0) is 9.59 Å². The first-order chi connectivity index (χ1) is 15.6. The zero-order chi connectivity index (χ0) is 22.5. The van der Waals surface area contributed by atoms with Gasteiger partial charge in [0.25, 0.3) is 0 Å². The molecular weight excluding hydrogens is 402 g/mol. The van der Waals surface area contributed by atoms with Crippen LogP contribution in [0.15, 0.2) is 83.9 Å². The molecule has 6 nitrogen and oxygen atoms in total. The third-order valence-electron chi connectivity index (χ3n) is 5.45. The molecule has 0 spiro atoms. The number of aliphatic imine (C=N–C) groups is 1. The number of hydrogen-bond acceptors (Lipinski definition) is 4. The maximum atomic E-state index is 13.3. The van der Waals surface area contributed by atoms with E-state index in [4.69, 9.17) is 4.74 Å². The van der Waals surface area contributed by atoms with E-state index >= 15 is 0 Å². The number of nitrogens with one attached hydrogen (secondary N) is 1. The number of methoxy groups -OCH3 is 1. The number of nitrogens with zero attached hydrogens (tertiary/aromatic N) is 2. The number of carbonyl (C=O) groups excluding carboxylic acids is 2. The second-order valence-corrected chi connectivity index (χ2v) is 7.46. The normalized spacial score (nSPS) is 14.1. The highest BCUT2D eigenvalue weighted by atomic mass is 16.5. The topological polar surface area (TPSA) is 71.0 Å². The van der Waals surface area contributed by atoms with Gasteiger partial charge >= 0.3 is 0 Å². The molecule has 2 amide bonds. The van der Waals surface area contributed by atoms with Crippen LogP contribution >= 0.6 is 0 Å². The number of rotatable bonds is 6. The molecule has 4 rings (SSSR count).